The molecule has 0 heterocycles. The van der Waals surface area contributed by atoms with Crippen molar-refractivity contribution in [2.45, 2.75) is 33.6 Å². The molecule has 0 aliphatic rings. The second-order valence-electron chi connectivity index (χ2n) is 6.21. The van der Waals surface area contributed by atoms with Gasteiger partial charge in [0.15, 0.2) is 0 Å². The third-order valence-corrected chi connectivity index (χ3v) is 3.92. The highest BCUT2D eigenvalue weighted by Gasteiger charge is 2.09. The number of hydrogen-bond acceptors (Lipinski definition) is 3. The third kappa shape index (κ3) is 5.24. The molecule has 4 heteroatoms. The van der Waals surface area contributed by atoms with Crippen LogP contribution in [0.4, 0.5) is 0 Å². The Hall–Kier alpha value is -2.49. The molecule has 0 aliphatic heterocycles. The third-order valence-electron chi connectivity index (χ3n) is 3.92. The van der Waals surface area contributed by atoms with Gasteiger partial charge in [-0.15, -0.1) is 0 Å². The van der Waals surface area contributed by atoms with Crippen molar-refractivity contribution < 1.29 is 14.3 Å². The first-order valence-corrected chi connectivity index (χ1v) is 8.76. The minimum absolute atomic E-state index is 0.105. The van der Waals surface area contributed by atoms with Crippen LogP contribution in [0.15, 0.2) is 42.5 Å². The van der Waals surface area contributed by atoms with Crippen LogP contribution >= 0.6 is 0 Å². The molecule has 0 atom stereocenters. The van der Waals surface area contributed by atoms with Gasteiger partial charge < -0.3 is 14.8 Å². The van der Waals surface area contributed by atoms with Gasteiger partial charge in [-0.25, -0.2) is 0 Å². The molecule has 0 spiro atoms. The van der Waals surface area contributed by atoms with Crippen molar-refractivity contribution in [2.75, 3.05) is 19.8 Å². The van der Waals surface area contributed by atoms with E-state index >= 15 is 0 Å². The zero-order chi connectivity index (χ0) is 18.2. The highest BCUT2D eigenvalue weighted by molar-refractivity contribution is 5.94. The van der Waals surface area contributed by atoms with E-state index in [0.29, 0.717) is 31.2 Å². The van der Waals surface area contributed by atoms with Gasteiger partial charge in [0, 0.05) is 5.56 Å². The van der Waals surface area contributed by atoms with Crippen molar-refractivity contribution in [3.63, 3.8) is 0 Å². The molecule has 0 saturated heterocycles. The predicted octanol–water partition coefficient (Wildman–Crippen LogP) is 4.33. The predicted molar refractivity (Wildman–Crippen MR) is 101 cm³/mol. The molecular formula is C21H27NO3. The average molecular weight is 341 g/mol. The van der Waals surface area contributed by atoms with Gasteiger partial charge in [-0.05, 0) is 55.2 Å². The van der Waals surface area contributed by atoms with E-state index in [2.05, 4.69) is 25.2 Å². The molecule has 1 amide bonds. The Kier molecular flexibility index (Phi) is 6.87. The van der Waals surface area contributed by atoms with Gasteiger partial charge >= 0.3 is 0 Å². The van der Waals surface area contributed by atoms with E-state index in [1.54, 1.807) is 6.07 Å². The number of amides is 1. The molecule has 0 fully saturated rings. The largest absolute Gasteiger partial charge is 0.494 e. The minimum atomic E-state index is -0.105. The van der Waals surface area contributed by atoms with Crippen LogP contribution in [-0.4, -0.2) is 25.7 Å². The van der Waals surface area contributed by atoms with E-state index < -0.39 is 0 Å². The summed E-state index contributed by atoms with van der Waals surface area (Å²) in [5, 5.41) is 2.89. The van der Waals surface area contributed by atoms with Gasteiger partial charge in [-0.2, -0.15) is 0 Å². The fourth-order valence-electron chi connectivity index (χ4n) is 2.62. The number of carbonyl (C=O) groups excluding carboxylic acids is 1. The molecule has 0 bridgehead atoms. The molecule has 25 heavy (non-hydrogen) atoms. The Morgan fingerprint density at radius 1 is 1.08 bits per heavy atom. The summed E-state index contributed by atoms with van der Waals surface area (Å²) in [4.78, 5) is 12.2. The maximum atomic E-state index is 12.2. The van der Waals surface area contributed by atoms with Crippen LogP contribution < -0.4 is 14.8 Å². The summed E-state index contributed by atoms with van der Waals surface area (Å²) < 4.78 is 11.3. The van der Waals surface area contributed by atoms with E-state index in [9.17, 15) is 4.79 Å². The van der Waals surface area contributed by atoms with E-state index in [4.69, 9.17) is 9.47 Å². The van der Waals surface area contributed by atoms with Crippen molar-refractivity contribution in [1.82, 2.24) is 5.32 Å². The second kappa shape index (κ2) is 9.11. The molecule has 2 rings (SSSR count). The van der Waals surface area contributed by atoms with Gasteiger partial charge in [-0.1, -0.05) is 32.0 Å². The Balaban J connectivity index is 1.86. The van der Waals surface area contributed by atoms with Crippen molar-refractivity contribution in [2.24, 2.45) is 0 Å². The summed E-state index contributed by atoms with van der Waals surface area (Å²) in [7, 11) is 0. The lowest BCUT2D eigenvalue weighted by Crippen LogP contribution is -2.28. The van der Waals surface area contributed by atoms with Crippen molar-refractivity contribution in [1.29, 1.82) is 0 Å². The summed E-state index contributed by atoms with van der Waals surface area (Å²) in [6.07, 6.45) is 0. The molecule has 1 N–H and O–H groups in total. The number of para-hydroxylation sites is 1. The molecule has 0 radical (unpaired) electrons. The summed E-state index contributed by atoms with van der Waals surface area (Å²) >= 11 is 0. The quantitative estimate of drug-likeness (QED) is 0.727. The first-order valence-electron chi connectivity index (χ1n) is 8.76. The first-order chi connectivity index (χ1) is 12.0. The van der Waals surface area contributed by atoms with Crippen molar-refractivity contribution in [3.8, 4) is 11.5 Å². The number of carbonyl (C=O) groups is 1. The highest BCUT2D eigenvalue weighted by Crippen LogP contribution is 2.25. The van der Waals surface area contributed by atoms with E-state index in [1.807, 2.05) is 44.2 Å². The Morgan fingerprint density at radius 2 is 1.84 bits per heavy atom. The smallest absolute Gasteiger partial charge is 0.251 e. The fourth-order valence-corrected chi connectivity index (χ4v) is 2.62. The number of benzene rings is 2. The van der Waals surface area contributed by atoms with Crippen LogP contribution in [0.25, 0.3) is 0 Å². The van der Waals surface area contributed by atoms with Gasteiger partial charge in [0.1, 0.15) is 18.1 Å². The molecular weight excluding hydrogens is 314 g/mol. The van der Waals surface area contributed by atoms with Gasteiger partial charge in [0.05, 0.1) is 13.2 Å². The summed E-state index contributed by atoms with van der Waals surface area (Å²) in [6.45, 7) is 9.66. The van der Waals surface area contributed by atoms with Gasteiger partial charge in [0.2, 0.25) is 0 Å². The molecule has 0 saturated carbocycles. The molecule has 2 aromatic carbocycles. The summed E-state index contributed by atoms with van der Waals surface area (Å²) in [5.74, 6) is 1.99. The number of hydrogen-bond donors (Lipinski definition) is 1. The van der Waals surface area contributed by atoms with E-state index in [0.717, 1.165) is 17.1 Å². The number of aryl methyl sites for hydroxylation is 1. The Labute approximate surface area is 150 Å². The SMILES string of the molecule is CCOc1ccc(C(=O)NCCOc2ccccc2C(C)C)cc1C. The lowest BCUT2D eigenvalue weighted by Gasteiger charge is -2.14. The number of ether oxygens (including phenoxy) is 2. The van der Waals surface area contributed by atoms with Crippen LogP contribution in [0.2, 0.25) is 0 Å². The maximum absolute atomic E-state index is 12.2. The van der Waals surface area contributed by atoms with Crippen molar-refractivity contribution in [3.05, 3.63) is 59.2 Å². The van der Waals surface area contributed by atoms with E-state index in [-0.39, 0.29) is 5.91 Å². The van der Waals surface area contributed by atoms with Crippen LogP contribution in [0, 0.1) is 6.92 Å². The second-order valence-corrected chi connectivity index (χ2v) is 6.21. The Morgan fingerprint density at radius 3 is 2.52 bits per heavy atom. The monoisotopic (exact) mass is 341 g/mol. The zero-order valence-electron chi connectivity index (χ0n) is 15.5. The van der Waals surface area contributed by atoms with Crippen LogP contribution in [0.3, 0.4) is 0 Å². The maximum Gasteiger partial charge on any atom is 0.251 e. The standard InChI is InChI=1S/C21H27NO3/c1-5-24-19-11-10-17(14-16(19)4)21(23)22-12-13-25-20-9-7-6-8-18(20)15(2)3/h6-11,14-15H,5,12-13H2,1-4H3,(H,22,23). The van der Waals surface area contributed by atoms with E-state index in [1.165, 1.54) is 5.56 Å². The molecule has 0 aliphatic carbocycles. The average Bonchev–Trinajstić information content (AvgIpc) is 2.60. The topological polar surface area (TPSA) is 47.6 Å². The van der Waals surface area contributed by atoms with Gasteiger partial charge in [-0.3, -0.25) is 4.79 Å². The molecule has 134 valence electrons. The molecule has 0 aromatic heterocycles. The Bertz CT molecular complexity index is 710. The highest BCUT2D eigenvalue weighted by atomic mass is 16.5. The fraction of sp³-hybridized carbons (Fsp3) is 0.381. The normalized spacial score (nSPS) is 10.6. The summed E-state index contributed by atoms with van der Waals surface area (Å²) in [5.41, 5.74) is 2.76. The molecule has 0 unspecified atom stereocenters. The number of rotatable bonds is 8. The first kappa shape index (κ1) is 18.8. The van der Waals surface area contributed by atoms with Crippen LogP contribution in [0.1, 0.15) is 48.2 Å². The van der Waals surface area contributed by atoms with Crippen LogP contribution in [-0.2, 0) is 0 Å². The lowest BCUT2D eigenvalue weighted by atomic mass is 10.0. The zero-order valence-corrected chi connectivity index (χ0v) is 15.5. The minimum Gasteiger partial charge on any atom is -0.494 e. The van der Waals surface area contributed by atoms with Crippen LogP contribution in [0.5, 0.6) is 11.5 Å². The number of nitrogens with one attached hydrogen (secondary N) is 1. The molecule has 4 nitrogen and oxygen atoms in total. The lowest BCUT2D eigenvalue weighted by molar-refractivity contribution is 0.0947. The van der Waals surface area contributed by atoms with Crippen molar-refractivity contribution >= 4 is 5.91 Å². The molecule has 2 aromatic rings. The summed E-state index contributed by atoms with van der Waals surface area (Å²) in [6, 6.07) is 13.5. The van der Waals surface area contributed by atoms with Gasteiger partial charge in [0.25, 0.3) is 5.91 Å².